The van der Waals surface area contributed by atoms with Crippen LogP contribution in [0.3, 0.4) is 0 Å². The molecule has 1 heterocycles. The smallest absolute Gasteiger partial charge is 0.159 e. The average Bonchev–Trinajstić information content (AvgIpc) is 2.15. The Balaban J connectivity index is 2.60. The highest BCUT2D eigenvalue weighted by Crippen LogP contribution is 2.10. The van der Waals surface area contributed by atoms with Crippen molar-refractivity contribution in [3.8, 4) is 0 Å². The lowest BCUT2D eigenvalue weighted by Crippen LogP contribution is -1.98. The van der Waals surface area contributed by atoms with E-state index in [1.165, 1.54) is 0 Å². The zero-order valence-corrected chi connectivity index (χ0v) is 9.62. The Bertz CT molecular complexity index is 347. The van der Waals surface area contributed by atoms with E-state index in [2.05, 4.69) is 20.9 Å². The normalized spacial score (nSPS) is 10.7. The second-order valence-corrected chi connectivity index (χ2v) is 3.88. The van der Waals surface area contributed by atoms with Crippen LogP contribution in [0.25, 0.3) is 0 Å². The highest BCUT2D eigenvalue weighted by atomic mass is 79.9. The van der Waals surface area contributed by atoms with Crippen molar-refractivity contribution in [1.82, 2.24) is 4.98 Å². The van der Waals surface area contributed by atoms with Crippen LogP contribution in [-0.2, 0) is 11.2 Å². The number of aromatic nitrogens is 1. The molecule has 0 aliphatic heterocycles. The molecule has 1 aromatic heterocycles. The van der Waals surface area contributed by atoms with Gasteiger partial charge in [0.25, 0.3) is 0 Å². The number of allylic oxidation sites excluding steroid dienone is 2. The van der Waals surface area contributed by atoms with Crippen molar-refractivity contribution in [3.05, 3.63) is 40.6 Å². The third-order valence-corrected chi connectivity index (χ3v) is 2.11. The summed E-state index contributed by atoms with van der Waals surface area (Å²) in [7, 11) is 0. The average molecular weight is 254 g/mol. The molecule has 3 heteroatoms. The Morgan fingerprint density at radius 1 is 1.57 bits per heavy atom. The van der Waals surface area contributed by atoms with E-state index in [1.807, 2.05) is 19.1 Å². The number of halogens is 1. The topological polar surface area (TPSA) is 30.0 Å². The molecule has 0 N–H and O–H groups in total. The van der Waals surface area contributed by atoms with Gasteiger partial charge in [0.05, 0.1) is 0 Å². The fourth-order valence-corrected chi connectivity index (χ4v) is 1.47. The summed E-state index contributed by atoms with van der Waals surface area (Å²) < 4.78 is 0.905. The quantitative estimate of drug-likeness (QED) is 0.773. The molecule has 14 heavy (non-hydrogen) atoms. The van der Waals surface area contributed by atoms with Crippen LogP contribution in [0.1, 0.15) is 18.9 Å². The van der Waals surface area contributed by atoms with E-state index in [9.17, 15) is 4.79 Å². The van der Waals surface area contributed by atoms with E-state index in [0.717, 1.165) is 16.5 Å². The van der Waals surface area contributed by atoms with Crippen LogP contribution in [0.2, 0.25) is 0 Å². The van der Waals surface area contributed by atoms with E-state index < -0.39 is 0 Å². The van der Waals surface area contributed by atoms with Crippen LogP contribution in [0.15, 0.2) is 35.1 Å². The highest BCUT2D eigenvalue weighted by molar-refractivity contribution is 9.10. The molecule has 0 saturated heterocycles. The number of hydrogen-bond acceptors (Lipinski definition) is 2. The fraction of sp³-hybridized carbons (Fsp3) is 0.273. The van der Waals surface area contributed by atoms with Crippen LogP contribution in [0, 0.1) is 0 Å². The Hall–Kier alpha value is -0.960. The third-order valence-electron chi connectivity index (χ3n) is 1.68. The van der Waals surface area contributed by atoms with Crippen LogP contribution < -0.4 is 0 Å². The van der Waals surface area contributed by atoms with Gasteiger partial charge in [0.15, 0.2) is 5.78 Å². The molecule has 0 saturated carbocycles. The fourth-order valence-electron chi connectivity index (χ4n) is 1.06. The summed E-state index contributed by atoms with van der Waals surface area (Å²) in [5.41, 5.74) is 0.935. The molecule has 74 valence electrons. The lowest BCUT2D eigenvalue weighted by atomic mass is 10.1. The van der Waals surface area contributed by atoms with E-state index in [0.29, 0.717) is 6.42 Å². The van der Waals surface area contributed by atoms with Crippen molar-refractivity contribution in [1.29, 1.82) is 0 Å². The zero-order valence-electron chi connectivity index (χ0n) is 8.03. The van der Waals surface area contributed by atoms with Crippen LogP contribution in [0.4, 0.5) is 0 Å². The van der Waals surface area contributed by atoms with Gasteiger partial charge in [-0.1, -0.05) is 13.0 Å². The Morgan fingerprint density at radius 2 is 2.36 bits per heavy atom. The van der Waals surface area contributed by atoms with Crippen molar-refractivity contribution in [2.24, 2.45) is 0 Å². The Labute approximate surface area is 92.2 Å². The predicted octanol–water partition coefficient (Wildman–Crippen LogP) is 2.92. The van der Waals surface area contributed by atoms with Gasteiger partial charge in [-0.15, -0.1) is 0 Å². The molecule has 0 aliphatic rings. The monoisotopic (exact) mass is 253 g/mol. The van der Waals surface area contributed by atoms with Gasteiger partial charge in [-0.25, -0.2) is 0 Å². The maximum Gasteiger partial charge on any atom is 0.159 e. The number of nitrogens with zero attached hydrogens (tertiary/aromatic N) is 1. The zero-order chi connectivity index (χ0) is 10.4. The molecular formula is C11H12BrNO. The van der Waals surface area contributed by atoms with Gasteiger partial charge in [0.1, 0.15) is 0 Å². The maximum atomic E-state index is 11.4. The van der Waals surface area contributed by atoms with Crippen LogP contribution >= 0.6 is 15.9 Å². The molecule has 0 fully saturated rings. The summed E-state index contributed by atoms with van der Waals surface area (Å²) in [4.78, 5) is 15.3. The first kappa shape index (κ1) is 11.1. The van der Waals surface area contributed by atoms with Crippen molar-refractivity contribution in [3.63, 3.8) is 0 Å². The molecule has 1 rings (SSSR count). The number of carbonyl (C=O) groups excluding carboxylic acids is 1. The van der Waals surface area contributed by atoms with Crippen molar-refractivity contribution in [2.75, 3.05) is 0 Å². The molecule has 0 unspecified atom stereocenters. The number of pyridine rings is 1. The Kier molecular flexibility index (Phi) is 4.53. The predicted molar refractivity (Wildman–Crippen MR) is 60.1 cm³/mol. The number of carbonyl (C=O) groups is 1. The molecule has 0 aliphatic carbocycles. The summed E-state index contributed by atoms with van der Waals surface area (Å²) in [6, 6.07) is 1.91. The van der Waals surface area contributed by atoms with E-state index in [-0.39, 0.29) is 5.78 Å². The van der Waals surface area contributed by atoms with E-state index in [4.69, 9.17) is 0 Å². The molecule has 0 aromatic carbocycles. The summed E-state index contributed by atoms with van der Waals surface area (Å²) in [5, 5.41) is 0. The summed E-state index contributed by atoms with van der Waals surface area (Å²) in [6.07, 6.45) is 8.22. The van der Waals surface area contributed by atoms with Crippen molar-refractivity contribution in [2.45, 2.75) is 19.8 Å². The number of hydrogen-bond donors (Lipinski definition) is 0. The number of rotatable bonds is 4. The van der Waals surface area contributed by atoms with Crippen molar-refractivity contribution < 1.29 is 4.79 Å². The minimum absolute atomic E-state index is 0.117. The lowest BCUT2D eigenvalue weighted by Gasteiger charge is -1.97. The lowest BCUT2D eigenvalue weighted by molar-refractivity contribution is -0.114. The SMILES string of the molecule is CC/C=C/C(=O)Cc1cncc(Br)c1. The minimum atomic E-state index is 0.117. The summed E-state index contributed by atoms with van der Waals surface area (Å²) in [6.45, 7) is 2.00. The van der Waals surface area contributed by atoms with Gasteiger partial charge in [0, 0.05) is 23.3 Å². The first-order valence-electron chi connectivity index (χ1n) is 4.51. The maximum absolute atomic E-state index is 11.4. The van der Waals surface area contributed by atoms with Crippen molar-refractivity contribution >= 4 is 21.7 Å². The first-order valence-corrected chi connectivity index (χ1v) is 5.30. The molecule has 0 atom stereocenters. The van der Waals surface area contributed by atoms with E-state index in [1.54, 1.807) is 18.5 Å². The molecule has 2 nitrogen and oxygen atoms in total. The van der Waals surface area contributed by atoms with Crippen LogP contribution in [-0.4, -0.2) is 10.8 Å². The second-order valence-electron chi connectivity index (χ2n) is 2.97. The minimum Gasteiger partial charge on any atom is -0.294 e. The van der Waals surface area contributed by atoms with E-state index >= 15 is 0 Å². The molecular weight excluding hydrogens is 242 g/mol. The van der Waals surface area contributed by atoms with Crippen LogP contribution in [0.5, 0.6) is 0 Å². The highest BCUT2D eigenvalue weighted by Gasteiger charge is 2.00. The number of ketones is 1. The molecule has 0 amide bonds. The molecule has 1 aromatic rings. The van der Waals surface area contributed by atoms with Gasteiger partial charge >= 0.3 is 0 Å². The van der Waals surface area contributed by atoms with Gasteiger partial charge in [0.2, 0.25) is 0 Å². The van der Waals surface area contributed by atoms with Gasteiger partial charge in [-0.3, -0.25) is 9.78 Å². The Morgan fingerprint density at radius 3 is 3.00 bits per heavy atom. The van der Waals surface area contributed by atoms with Gasteiger partial charge in [-0.2, -0.15) is 0 Å². The first-order chi connectivity index (χ1) is 6.72. The third kappa shape index (κ3) is 3.83. The van der Waals surface area contributed by atoms with Gasteiger partial charge < -0.3 is 0 Å². The summed E-state index contributed by atoms with van der Waals surface area (Å²) in [5.74, 6) is 0.117. The second kappa shape index (κ2) is 5.70. The largest absolute Gasteiger partial charge is 0.294 e. The molecule has 0 radical (unpaired) electrons. The van der Waals surface area contributed by atoms with Gasteiger partial charge in [-0.05, 0) is 40.1 Å². The molecule has 0 bridgehead atoms. The molecule has 0 spiro atoms. The summed E-state index contributed by atoms with van der Waals surface area (Å²) >= 11 is 3.31. The standard InChI is InChI=1S/C11H12BrNO/c1-2-3-4-11(14)6-9-5-10(12)8-13-7-9/h3-5,7-8H,2,6H2,1H3/b4-3+.